The number of nitrogens with zero attached hydrogens (tertiary/aromatic N) is 4. The maximum absolute atomic E-state index is 13.7. The smallest absolute Gasteiger partial charge is 0.298 e. The first-order valence-electron chi connectivity index (χ1n) is 10.1. The molecule has 0 saturated carbocycles. The van der Waals surface area contributed by atoms with Crippen LogP contribution in [0.25, 0.3) is 11.3 Å². The molecule has 1 fully saturated rings. The van der Waals surface area contributed by atoms with E-state index in [1.165, 1.54) is 12.1 Å². The molecule has 0 spiro atoms. The van der Waals surface area contributed by atoms with Gasteiger partial charge in [0.05, 0.1) is 17.3 Å². The van der Waals surface area contributed by atoms with Crippen LogP contribution >= 0.6 is 0 Å². The van der Waals surface area contributed by atoms with Gasteiger partial charge >= 0.3 is 6.18 Å². The van der Waals surface area contributed by atoms with Gasteiger partial charge in [-0.1, -0.05) is 18.2 Å². The number of aromatic nitrogens is 3. The summed E-state index contributed by atoms with van der Waals surface area (Å²) in [5.41, 5.74) is 2.43. The topological polar surface area (TPSA) is 34.0 Å². The van der Waals surface area contributed by atoms with E-state index in [0.717, 1.165) is 17.0 Å². The Labute approximate surface area is 174 Å². The van der Waals surface area contributed by atoms with Crippen molar-refractivity contribution in [1.82, 2.24) is 19.7 Å². The third kappa shape index (κ3) is 3.99. The fourth-order valence-corrected chi connectivity index (χ4v) is 4.27. The van der Waals surface area contributed by atoms with Crippen LogP contribution in [0.2, 0.25) is 0 Å². The number of pyridine rings is 1. The molecule has 4 rings (SSSR count). The highest BCUT2D eigenvalue weighted by Gasteiger charge is 2.42. The Balaban J connectivity index is 1.73. The molecule has 2 aromatic heterocycles. The number of likely N-dealkylation sites (tertiary alicyclic amines) is 1. The second-order valence-electron chi connectivity index (χ2n) is 8.17. The van der Waals surface area contributed by atoms with Gasteiger partial charge in [-0.3, -0.25) is 14.6 Å². The Morgan fingerprint density at radius 3 is 2.53 bits per heavy atom. The SMILES string of the molecule is Cc1cc(-c2ccn([C@@H]3CN(C(C)C)C[C@H]3c3ccccc3C(F)(F)F)n2)ccn1. The molecule has 0 radical (unpaired) electrons. The minimum atomic E-state index is -4.38. The predicted octanol–water partition coefficient (Wildman–Crippen LogP) is 5.32. The molecule has 4 nitrogen and oxygen atoms in total. The van der Waals surface area contributed by atoms with Crippen LogP contribution in [0.5, 0.6) is 0 Å². The van der Waals surface area contributed by atoms with E-state index in [0.29, 0.717) is 18.7 Å². The van der Waals surface area contributed by atoms with Crippen LogP contribution in [-0.4, -0.2) is 38.8 Å². The molecule has 0 N–H and O–H groups in total. The lowest BCUT2D eigenvalue weighted by molar-refractivity contribution is -0.138. The van der Waals surface area contributed by atoms with E-state index in [2.05, 4.69) is 23.7 Å². The molecule has 2 atom stereocenters. The number of benzene rings is 1. The molecule has 1 saturated heterocycles. The quantitative estimate of drug-likeness (QED) is 0.579. The molecule has 30 heavy (non-hydrogen) atoms. The van der Waals surface area contributed by atoms with Gasteiger partial charge in [0.15, 0.2) is 0 Å². The van der Waals surface area contributed by atoms with Gasteiger partial charge in [0.1, 0.15) is 0 Å². The predicted molar refractivity (Wildman–Crippen MR) is 110 cm³/mol. The molecule has 0 unspecified atom stereocenters. The van der Waals surface area contributed by atoms with Crippen LogP contribution in [0, 0.1) is 6.92 Å². The molecule has 1 aliphatic rings. The molecule has 0 amide bonds. The average molecular weight is 414 g/mol. The first-order chi connectivity index (χ1) is 14.2. The lowest BCUT2D eigenvalue weighted by Gasteiger charge is -2.23. The minimum absolute atomic E-state index is 0.174. The molecule has 0 aliphatic carbocycles. The summed E-state index contributed by atoms with van der Waals surface area (Å²) in [5, 5.41) is 4.75. The molecular weight excluding hydrogens is 389 g/mol. The van der Waals surface area contributed by atoms with E-state index in [4.69, 9.17) is 5.10 Å². The first-order valence-corrected chi connectivity index (χ1v) is 10.1. The van der Waals surface area contributed by atoms with Crippen molar-refractivity contribution in [2.45, 2.75) is 44.9 Å². The highest BCUT2D eigenvalue weighted by atomic mass is 19.4. The summed E-state index contributed by atoms with van der Waals surface area (Å²) in [6, 6.07) is 11.8. The molecule has 0 bridgehead atoms. The van der Waals surface area contributed by atoms with Gasteiger partial charge in [-0.2, -0.15) is 18.3 Å². The highest BCUT2D eigenvalue weighted by Crippen LogP contribution is 2.43. The van der Waals surface area contributed by atoms with Crippen molar-refractivity contribution in [3.05, 3.63) is 71.7 Å². The van der Waals surface area contributed by atoms with Gasteiger partial charge in [0.25, 0.3) is 0 Å². The number of alkyl halides is 3. The lowest BCUT2D eigenvalue weighted by atomic mass is 9.90. The second kappa shape index (κ2) is 7.87. The standard InChI is InChI=1S/C23H25F3N4/c1-15(2)29-13-19(18-6-4-5-7-20(18)23(24,25)26)22(14-29)30-11-9-21(28-30)17-8-10-27-16(3)12-17/h4-12,15,19,22H,13-14H2,1-3H3/t19-,22+/m0/s1. The molecule has 3 heterocycles. The van der Waals surface area contributed by atoms with Crippen molar-refractivity contribution in [3.8, 4) is 11.3 Å². The Kier molecular flexibility index (Phi) is 5.40. The van der Waals surface area contributed by atoms with Crippen molar-refractivity contribution in [2.24, 2.45) is 0 Å². The summed E-state index contributed by atoms with van der Waals surface area (Å²) in [6.07, 6.45) is -0.763. The first kappa shape index (κ1) is 20.6. The van der Waals surface area contributed by atoms with E-state index < -0.39 is 11.7 Å². The molecule has 1 aromatic carbocycles. The Hall–Kier alpha value is -2.67. The maximum atomic E-state index is 13.7. The van der Waals surface area contributed by atoms with Gasteiger partial charge in [0, 0.05) is 48.7 Å². The molecule has 7 heteroatoms. The van der Waals surface area contributed by atoms with Gasteiger partial charge in [-0.25, -0.2) is 0 Å². The largest absolute Gasteiger partial charge is 0.416 e. The van der Waals surface area contributed by atoms with Crippen LogP contribution in [0.15, 0.2) is 54.9 Å². The second-order valence-corrected chi connectivity index (χ2v) is 8.17. The Bertz CT molecular complexity index is 1030. The molecular formula is C23H25F3N4. The third-order valence-electron chi connectivity index (χ3n) is 5.85. The summed E-state index contributed by atoms with van der Waals surface area (Å²) in [7, 11) is 0. The van der Waals surface area contributed by atoms with E-state index in [-0.39, 0.29) is 18.0 Å². The van der Waals surface area contributed by atoms with Gasteiger partial charge < -0.3 is 0 Å². The summed E-state index contributed by atoms with van der Waals surface area (Å²) in [5.74, 6) is -0.294. The molecule has 158 valence electrons. The van der Waals surface area contributed by atoms with E-state index in [9.17, 15) is 13.2 Å². The van der Waals surface area contributed by atoms with Crippen LogP contribution in [0.3, 0.4) is 0 Å². The zero-order valence-corrected chi connectivity index (χ0v) is 17.3. The fourth-order valence-electron chi connectivity index (χ4n) is 4.27. The normalized spacial score (nSPS) is 20.2. The summed E-state index contributed by atoms with van der Waals surface area (Å²) >= 11 is 0. The number of hydrogen-bond donors (Lipinski definition) is 0. The van der Waals surface area contributed by atoms with Crippen molar-refractivity contribution in [1.29, 1.82) is 0 Å². The van der Waals surface area contributed by atoms with Crippen molar-refractivity contribution in [2.75, 3.05) is 13.1 Å². The molecule has 1 aliphatic heterocycles. The summed E-state index contributed by atoms with van der Waals surface area (Å²) in [4.78, 5) is 6.44. The highest BCUT2D eigenvalue weighted by molar-refractivity contribution is 5.58. The van der Waals surface area contributed by atoms with Crippen molar-refractivity contribution < 1.29 is 13.2 Å². The average Bonchev–Trinajstić information content (AvgIpc) is 3.35. The zero-order valence-electron chi connectivity index (χ0n) is 17.3. The van der Waals surface area contributed by atoms with E-state index in [1.807, 2.05) is 36.0 Å². The Morgan fingerprint density at radius 1 is 1.07 bits per heavy atom. The number of halogens is 3. The summed E-state index contributed by atoms with van der Waals surface area (Å²) in [6.45, 7) is 7.29. The van der Waals surface area contributed by atoms with Gasteiger partial charge in [-0.15, -0.1) is 0 Å². The van der Waals surface area contributed by atoms with Gasteiger partial charge in [0.2, 0.25) is 0 Å². The van der Waals surface area contributed by atoms with E-state index in [1.54, 1.807) is 18.3 Å². The van der Waals surface area contributed by atoms with Crippen LogP contribution in [0.1, 0.15) is 42.6 Å². The monoisotopic (exact) mass is 414 g/mol. The Morgan fingerprint density at radius 2 is 1.83 bits per heavy atom. The van der Waals surface area contributed by atoms with Gasteiger partial charge in [-0.05, 0) is 50.6 Å². The van der Waals surface area contributed by atoms with Crippen molar-refractivity contribution >= 4 is 0 Å². The third-order valence-corrected chi connectivity index (χ3v) is 5.85. The zero-order chi connectivity index (χ0) is 21.5. The van der Waals surface area contributed by atoms with Crippen LogP contribution in [0.4, 0.5) is 13.2 Å². The minimum Gasteiger partial charge on any atom is -0.298 e. The summed E-state index contributed by atoms with van der Waals surface area (Å²) < 4.78 is 43.0. The van der Waals surface area contributed by atoms with Crippen LogP contribution < -0.4 is 0 Å². The van der Waals surface area contributed by atoms with Crippen molar-refractivity contribution in [3.63, 3.8) is 0 Å². The molecule has 3 aromatic rings. The van der Waals surface area contributed by atoms with Crippen LogP contribution in [-0.2, 0) is 6.18 Å². The van der Waals surface area contributed by atoms with E-state index >= 15 is 0 Å². The number of rotatable bonds is 4. The number of hydrogen-bond acceptors (Lipinski definition) is 3. The maximum Gasteiger partial charge on any atom is 0.416 e. The lowest BCUT2D eigenvalue weighted by Crippen LogP contribution is -2.28. The fraction of sp³-hybridized carbons (Fsp3) is 0.391. The number of aryl methyl sites for hydroxylation is 1.